The van der Waals surface area contributed by atoms with Gasteiger partial charge in [0.2, 0.25) is 0 Å². The summed E-state index contributed by atoms with van der Waals surface area (Å²) in [6.45, 7) is 12.2. The molecule has 2 radical (unpaired) electrons. The molecule has 48 valence electrons. The van der Waals surface area contributed by atoms with Crippen LogP contribution in [0.4, 0.5) is 0 Å². The molecule has 0 spiro atoms. The molecule has 0 rings (SSSR count). The molecule has 0 heteroatoms. The fourth-order valence-corrected chi connectivity index (χ4v) is 0.604. The Bertz CT molecular complexity index is 42.8. The van der Waals surface area contributed by atoms with Gasteiger partial charge in [-0.15, -0.1) is 0 Å². The second-order valence-corrected chi connectivity index (χ2v) is 2.46. The first-order valence-corrected chi connectivity index (χ1v) is 3.33. The van der Waals surface area contributed by atoms with Gasteiger partial charge in [-0.25, -0.2) is 0 Å². The van der Waals surface area contributed by atoms with Gasteiger partial charge < -0.3 is 0 Å². The molecule has 0 aliphatic rings. The molecule has 0 atom stereocenters. The molecule has 0 unspecified atom stereocenters. The third kappa shape index (κ3) is 1.85. The van der Waals surface area contributed by atoms with E-state index >= 15 is 0 Å². The molecule has 0 amide bonds. The maximum Gasteiger partial charge on any atom is -0.0302 e. The van der Waals surface area contributed by atoms with Crippen LogP contribution in [0.15, 0.2) is 0 Å². The van der Waals surface area contributed by atoms with E-state index in [0.717, 1.165) is 19.3 Å². The van der Waals surface area contributed by atoms with Crippen molar-refractivity contribution in [3.05, 3.63) is 13.8 Å². The van der Waals surface area contributed by atoms with E-state index in [1.54, 1.807) is 0 Å². The van der Waals surface area contributed by atoms with Crippen molar-refractivity contribution in [1.29, 1.82) is 0 Å². The van der Waals surface area contributed by atoms with Crippen LogP contribution in [0.25, 0.3) is 0 Å². The lowest BCUT2D eigenvalue weighted by Crippen LogP contribution is -2.11. The lowest BCUT2D eigenvalue weighted by molar-refractivity contribution is 0.351. The number of hydrogen-bond donors (Lipinski definition) is 0. The molecule has 0 aromatic carbocycles. The molecule has 0 saturated carbocycles. The number of rotatable bonds is 3. The van der Waals surface area contributed by atoms with Crippen LogP contribution in [0.2, 0.25) is 0 Å². The second-order valence-electron chi connectivity index (χ2n) is 2.46. The van der Waals surface area contributed by atoms with Gasteiger partial charge >= 0.3 is 0 Å². The van der Waals surface area contributed by atoms with Gasteiger partial charge in [-0.2, -0.15) is 0 Å². The third-order valence-electron chi connectivity index (χ3n) is 2.03. The van der Waals surface area contributed by atoms with E-state index in [1.807, 2.05) is 0 Å². The van der Waals surface area contributed by atoms with E-state index in [2.05, 4.69) is 27.7 Å². The van der Waals surface area contributed by atoms with Crippen LogP contribution in [-0.4, -0.2) is 0 Å². The van der Waals surface area contributed by atoms with Crippen LogP contribution in [0.1, 0.15) is 33.1 Å². The van der Waals surface area contributed by atoms with Crippen molar-refractivity contribution in [2.24, 2.45) is 5.41 Å². The maximum atomic E-state index is 4.06. The molecular formula is C8H16. The lowest BCUT2D eigenvalue weighted by Gasteiger charge is -2.23. The Morgan fingerprint density at radius 3 is 1.62 bits per heavy atom. The van der Waals surface area contributed by atoms with Gasteiger partial charge in [-0.1, -0.05) is 33.6 Å². The summed E-state index contributed by atoms with van der Waals surface area (Å²) in [4.78, 5) is 0. The Labute approximate surface area is 53.3 Å². The minimum absolute atomic E-state index is 0.264. The van der Waals surface area contributed by atoms with E-state index < -0.39 is 0 Å². The maximum absolute atomic E-state index is 4.06. The Hall–Kier alpha value is 0. The molecule has 0 N–H and O–H groups in total. The van der Waals surface area contributed by atoms with Crippen molar-refractivity contribution in [2.75, 3.05) is 0 Å². The summed E-state index contributed by atoms with van der Waals surface area (Å²) in [6.07, 6.45) is 3.25. The summed E-state index contributed by atoms with van der Waals surface area (Å²) in [6, 6.07) is 0. The highest BCUT2D eigenvalue weighted by molar-refractivity contribution is 4.79. The molecule has 0 aliphatic carbocycles. The topological polar surface area (TPSA) is 0 Å². The summed E-state index contributed by atoms with van der Waals surface area (Å²) in [7, 11) is 0. The second kappa shape index (κ2) is 3.11. The minimum atomic E-state index is 0.264. The average Bonchev–Trinajstić information content (AvgIpc) is 1.87. The molecule has 0 aliphatic heterocycles. The largest absolute Gasteiger partial charge is 0.0649 e. The molecule has 0 aromatic heterocycles. The van der Waals surface area contributed by atoms with Gasteiger partial charge in [0.1, 0.15) is 0 Å². The SMILES string of the molecule is [CH2]CC([CH2])(CC)CC. The lowest BCUT2D eigenvalue weighted by atomic mass is 9.82. The van der Waals surface area contributed by atoms with Gasteiger partial charge in [0.15, 0.2) is 0 Å². The van der Waals surface area contributed by atoms with Gasteiger partial charge in [-0.05, 0) is 18.8 Å². The molecule has 0 heterocycles. The van der Waals surface area contributed by atoms with Crippen LogP contribution >= 0.6 is 0 Å². The van der Waals surface area contributed by atoms with Crippen LogP contribution in [0, 0.1) is 19.3 Å². The van der Waals surface area contributed by atoms with Crippen LogP contribution < -0.4 is 0 Å². The number of hydrogen-bond acceptors (Lipinski definition) is 0. The summed E-state index contributed by atoms with van der Waals surface area (Å²) in [5.74, 6) is 0. The fourth-order valence-electron chi connectivity index (χ4n) is 0.604. The minimum Gasteiger partial charge on any atom is -0.0649 e. The summed E-state index contributed by atoms with van der Waals surface area (Å²) in [5.41, 5.74) is 0.264. The normalized spacial score (nSPS) is 12.0. The van der Waals surface area contributed by atoms with Crippen molar-refractivity contribution in [1.82, 2.24) is 0 Å². The highest BCUT2D eigenvalue weighted by atomic mass is 14.2. The van der Waals surface area contributed by atoms with Crippen molar-refractivity contribution in [2.45, 2.75) is 33.1 Å². The molecule has 0 bridgehead atoms. The predicted octanol–water partition coefficient (Wildman–Crippen LogP) is 2.85. The standard InChI is InChI=1S/C8H16/c1-5-8(4,6-2)7-3/h1,4-7H2,2-3H3. The van der Waals surface area contributed by atoms with E-state index in [9.17, 15) is 0 Å². The zero-order valence-electron chi connectivity index (χ0n) is 6.04. The molecule has 0 fully saturated rings. The molecular weight excluding hydrogens is 96.1 g/mol. The Kier molecular flexibility index (Phi) is 3.11. The van der Waals surface area contributed by atoms with E-state index in [0.29, 0.717) is 0 Å². The summed E-state index contributed by atoms with van der Waals surface area (Å²) >= 11 is 0. The highest BCUT2D eigenvalue weighted by Crippen LogP contribution is 2.27. The van der Waals surface area contributed by atoms with Crippen molar-refractivity contribution in [3.8, 4) is 0 Å². The highest BCUT2D eigenvalue weighted by Gasteiger charge is 2.15. The first-order valence-electron chi connectivity index (χ1n) is 3.33. The van der Waals surface area contributed by atoms with Gasteiger partial charge in [0.05, 0.1) is 0 Å². The van der Waals surface area contributed by atoms with E-state index in [4.69, 9.17) is 0 Å². The van der Waals surface area contributed by atoms with Crippen LogP contribution in [0.3, 0.4) is 0 Å². The van der Waals surface area contributed by atoms with Crippen LogP contribution in [-0.2, 0) is 0 Å². The summed E-state index contributed by atoms with van der Waals surface area (Å²) < 4.78 is 0. The monoisotopic (exact) mass is 112 g/mol. The zero-order chi connectivity index (χ0) is 6.62. The van der Waals surface area contributed by atoms with Gasteiger partial charge in [-0.3, -0.25) is 0 Å². The van der Waals surface area contributed by atoms with Gasteiger partial charge in [0, 0.05) is 0 Å². The Morgan fingerprint density at radius 1 is 1.25 bits per heavy atom. The van der Waals surface area contributed by atoms with Crippen molar-refractivity contribution < 1.29 is 0 Å². The first kappa shape index (κ1) is 8.00. The zero-order valence-corrected chi connectivity index (χ0v) is 6.04. The fraction of sp³-hybridized carbons (Fsp3) is 0.750. The first-order chi connectivity index (χ1) is 3.68. The van der Waals surface area contributed by atoms with Gasteiger partial charge in [0.25, 0.3) is 0 Å². The Morgan fingerprint density at radius 2 is 1.62 bits per heavy atom. The Balaban J connectivity index is 3.58. The third-order valence-corrected chi connectivity index (χ3v) is 2.03. The molecule has 8 heavy (non-hydrogen) atoms. The smallest absolute Gasteiger partial charge is 0.0302 e. The predicted molar refractivity (Wildman–Crippen MR) is 38.3 cm³/mol. The molecule has 0 nitrogen and oxygen atoms in total. The average molecular weight is 112 g/mol. The van der Waals surface area contributed by atoms with E-state index in [-0.39, 0.29) is 5.41 Å². The van der Waals surface area contributed by atoms with Crippen LogP contribution in [0.5, 0.6) is 0 Å². The van der Waals surface area contributed by atoms with E-state index in [1.165, 1.54) is 0 Å². The molecule has 0 saturated heterocycles. The van der Waals surface area contributed by atoms with Crippen molar-refractivity contribution >= 4 is 0 Å². The van der Waals surface area contributed by atoms with Crippen molar-refractivity contribution in [3.63, 3.8) is 0 Å². The molecule has 0 aromatic rings. The summed E-state index contributed by atoms with van der Waals surface area (Å²) in [5, 5.41) is 0. The quantitative estimate of drug-likeness (QED) is 0.526.